The topological polar surface area (TPSA) is 623 Å². The minimum Gasteiger partial charge on any atom is -0.459 e. The largest absolute Gasteiger partial charge is 0.459 e. The number of H-pyrrole nitrogens is 1. The van der Waals surface area contributed by atoms with Crippen LogP contribution in [0, 0.1) is 48.5 Å². The highest BCUT2D eigenvalue weighted by atomic mass is 35.5. The molecule has 17 N–H and O–H groups in total. The molecule has 12 aromatic rings. The SMILES string of the molecule is C.CC[C@H]1O[C@@H](n2nc(C)c3c(N)ncnc32)C[C@@H]1O[Si](C)(C)C(C)(C)C.Cc1[nH]nc2ncnc(N)c12.Cc1ccc(C(=O)OC[C@H]2O[C@H](Cl)C[C@@H]2OC(=O)c2ccc(C)cc2)cc1.Cc1nn([C@H]2C[C@H](O)[C@@H](CNS(=O)(=O)O)O2)c2ncnc(N)c12.Cc1nn([C@H]2C[C@H](O)[C@@H](CO)O2)c2ncnc(N)c12.Cc1nn([C@H]2C[C@H](O[Si](C)(C)C(C)(C)C)[C@@H](CO)O2)c2ncnc(N)c12. The zero-order chi connectivity index (χ0) is 96.1. The second-order valence-electron chi connectivity index (χ2n) is 35.9. The third kappa shape index (κ3) is 23.8. The van der Waals surface area contributed by atoms with Crippen molar-refractivity contribution in [3.05, 3.63) is 131 Å². The second-order valence-corrected chi connectivity index (χ2v) is 47.1. The Hall–Kier alpha value is -10.7. The van der Waals surface area contributed by atoms with E-state index in [1.54, 1.807) is 40.6 Å². The number of hydrogen-bond donors (Lipinski definition) is 12. The minimum absolute atomic E-state index is 0. The van der Waals surface area contributed by atoms with Gasteiger partial charge in [0.15, 0.2) is 69.8 Å². The standard InChI is InChI=1S/C21H21ClO5.C18H31N5O2Si.C17H29N5O3Si.C11H16N6O5S.C11H15N5O3.C6H7N5.CH4/c1-13-3-7-15(8-4-13)20(23)25-12-18-17(11-19(22)26-18)27-21(24)16-9-5-14(2)6-10-16;1-8-12-13(25-26(6,7)18(3,4)5)9-14(24-12)23-17-15(11(2)22-23)16(19)20-10-21-17;1-10-14-15(18)19-9-20-16(14)22(21-10)13-7-11(12(8-23)24-13)25-26(5,6)17(2,3)4;1-5-9-10(12)13-4-14-11(9)17(16-5)8-2-6(18)7(22-8)3-15-23(19,20)21;1-5-9-10(12)13-4-14-11(9)16(15-5)8-2-6(18)7(3-17)19-8;1-3-4-5(7)8-2-9-6(4)11-10-3;/h3-10,17-19H,11-12H2,1-2H3;10,12-14H,8-9H2,1-7H3,(H2,19,20,21);9,11-13,23H,7-8H2,1-6H3,(H2,18,19,20);4,6-8,15,18H,2-3H2,1H3,(H2,12,13,14)(H,19,20,21);4,6-8,17-18H,2-3H2,1H3,(H2,12,13,14);2H,1H3,(H3,7,8,9,10,11);1H4/t17-,18+,19-;12-,13+,14-;11-,12+,13+;2*6-,7+,8+;;/m01000../s1. The van der Waals surface area contributed by atoms with E-state index in [0.717, 1.165) is 62.9 Å². The Kier molecular flexibility index (Phi) is 32.8. The first-order chi connectivity index (χ1) is 62.2. The van der Waals surface area contributed by atoms with Crippen LogP contribution in [0.1, 0.15) is 180 Å². The lowest BCUT2D eigenvalue weighted by molar-refractivity contribution is -0.0471. The number of rotatable bonds is 19. The zero-order valence-electron chi connectivity index (χ0n) is 77.0. The van der Waals surface area contributed by atoms with E-state index in [2.05, 4.69) is 155 Å². The number of nitrogens with zero attached hydrogens (tertiary/aromatic N) is 19. The van der Waals surface area contributed by atoms with Gasteiger partial charge in [-0.3, -0.25) is 9.65 Å². The van der Waals surface area contributed by atoms with E-state index in [0.29, 0.717) is 104 Å². The summed E-state index contributed by atoms with van der Waals surface area (Å²) < 4.78 is 91.9. The fourth-order valence-corrected chi connectivity index (χ4v) is 18.5. The van der Waals surface area contributed by atoms with Crippen molar-refractivity contribution in [1.29, 1.82) is 0 Å². The van der Waals surface area contributed by atoms with E-state index >= 15 is 0 Å². The first kappa shape index (κ1) is 103. The normalized spacial score (nSPS) is 23.1. The van der Waals surface area contributed by atoms with E-state index in [4.69, 9.17) is 91.9 Å². The minimum atomic E-state index is -4.35. The lowest BCUT2D eigenvalue weighted by Crippen LogP contribution is -2.46. The molecule has 0 amide bonds. The van der Waals surface area contributed by atoms with E-state index in [-0.39, 0.29) is 87.2 Å². The number of aliphatic hydroxyl groups excluding tert-OH is 4. The number of fused-ring (bicyclic) bond motifs is 5. The quantitative estimate of drug-likeness (QED) is 0.0155. The van der Waals surface area contributed by atoms with Crippen molar-refractivity contribution in [3.63, 3.8) is 0 Å². The highest BCUT2D eigenvalue weighted by molar-refractivity contribution is 7.83. The molecule has 722 valence electrons. The first-order valence-corrected chi connectivity index (χ1v) is 50.7. The molecule has 15 heterocycles. The fourth-order valence-electron chi connectivity index (χ4n) is 15.1. The second kappa shape index (κ2) is 42.5. The average molecular weight is 1920 g/mol. The fraction of sp³-hybridized carbons (Fsp3) is 0.541. The van der Waals surface area contributed by atoms with Gasteiger partial charge in [-0.25, -0.2) is 78.2 Å². The lowest BCUT2D eigenvalue weighted by Gasteiger charge is -2.39. The third-order valence-corrected chi connectivity index (χ3v) is 34.1. The number of aromatic amines is 1. The Morgan fingerprint density at radius 2 is 0.850 bits per heavy atom. The molecule has 2 aromatic carbocycles. The summed E-state index contributed by atoms with van der Waals surface area (Å²) in [4.78, 5) is 65.3. The maximum atomic E-state index is 12.3. The molecule has 0 radical (unpaired) electrons. The number of esters is 2. The van der Waals surface area contributed by atoms with E-state index in [1.807, 2.05) is 75.2 Å². The Morgan fingerprint density at radius 3 is 1.23 bits per heavy atom. The summed E-state index contributed by atoms with van der Waals surface area (Å²) in [6.45, 7) is 37.0. The van der Waals surface area contributed by atoms with Crippen molar-refractivity contribution in [1.82, 2.24) is 104 Å². The van der Waals surface area contributed by atoms with Crippen LogP contribution in [0.2, 0.25) is 36.3 Å². The number of alkyl halides is 1. The summed E-state index contributed by atoms with van der Waals surface area (Å²) in [5, 5.41) is 67.2. The number of nitrogen functional groups attached to an aromatic ring is 5. The molecule has 133 heavy (non-hydrogen) atoms. The van der Waals surface area contributed by atoms with Crippen molar-refractivity contribution < 1.29 is 85.0 Å². The molecular formula is C85H123ClN26O18SSi2. The summed E-state index contributed by atoms with van der Waals surface area (Å²) in [5.41, 5.74) is 38.5. The van der Waals surface area contributed by atoms with Crippen molar-refractivity contribution in [2.24, 2.45) is 0 Å². The Morgan fingerprint density at radius 1 is 0.496 bits per heavy atom. The maximum Gasteiger partial charge on any atom is 0.338 e. The van der Waals surface area contributed by atoms with E-state index in [9.17, 15) is 33.3 Å². The van der Waals surface area contributed by atoms with Crippen LogP contribution in [0.15, 0.2) is 80.2 Å². The number of halogens is 1. The molecule has 17 rings (SSSR count). The molecule has 0 saturated carbocycles. The number of nitrogens with one attached hydrogen (secondary N) is 2. The van der Waals surface area contributed by atoms with Crippen LogP contribution < -0.4 is 33.4 Å². The van der Waals surface area contributed by atoms with Crippen LogP contribution in [-0.2, 0) is 52.3 Å². The van der Waals surface area contributed by atoms with Gasteiger partial charge in [-0.1, -0.05) is 103 Å². The Bertz CT molecular complexity index is 6010. The van der Waals surface area contributed by atoms with Crippen molar-refractivity contribution in [2.75, 3.05) is 55.0 Å². The lowest BCUT2D eigenvalue weighted by atomic mass is 10.1. The smallest absolute Gasteiger partial charge is 0.338 e. The van der Waals surface area contributed by atoms with Gasteiger partial charge in [0.2, 0.25) is 0 Å². The molecule has 0 unspecified atom stereocenters. The van der Waals surface area contributed by atoms with Crippen molar-refractivity contribution in [2.45, 2.75) is 271 Å². The number of hydrogen-bond acceptors (Lipinski definition) is 37. The van der Waals surface area contributed by atoms with Gasteiger partial charge in [-0.05, 0) is 115 Å². The molecular weight excluding hydrogens is 1800 g/mol. The van der Waals surface area contributed by atoms with Gasteiger partial charge in [0.1, 0.15) is 97.3 Å². The predicted molar refractivity (Wildman–Crippen MR) is 501 cm³/mol. The number of carbonyl (C=O) groups excluding carboxylic acids is 2. The number of anilines is 5. The maximum absolute atomic E-state index is 12.3. The number of carbonyl (C=O) groups is 2. The Labute approximate surface area is 776 Å². The summed E-state index contributed by atoms with van der Waals surface area (Å²) in [7, 11) is -8.21. The predicted octanol–water partition coefficient (Wildman–Crippen LogP) is 9.23. The zero-order valence-corrected chi connectivity index (χ0v) is 80.5. The highest BCUT2D eigenvalue weighted by Gasteiger charge is 2.48. The number of nitrogens with two attached hydrogens (primary N) is 5. The first-order valence-electron chi connectivity index (χ1n) is 43.0. The molecule has 0 aliphatic carbocycles. The summed E-state index contributed by atoms with van der Waals surface area (Å²) >= 11 is 6.05. The summed E-state index contributed by atoms with van der Waals surface area (Å²) in [6.07, 6.45) is 3.85. The van der Waals surface area contributed by atoms with Crippen LogP contribution in [-0.4, -0.2) is 254 Å². The van der Waals surface area contributed by atoms with Gasteiger partial charge in [-0.2, -0.15) is 38.6 Å². The van der Waals surface area contributed by atoms with Crippen molar-refractivity contribution in [3.8, 4) is 0 Å². The van der Waals surface area contributed by atoms with E-state index < -0.39 is 93.5 Å². The van der Waals surface area contributed by atoms with Gasteiger partial charge in [-0.15, -0.1) is 0 Å². The molecule has 10 aromatic heterocycles. The van der Waals surface area contributed by atoms with Crippen LogP contribution >= 0.6 is 11.6 Å². The average Bonchev–Trinajstić information content (AvgIpc) is 1.60. The summed E-state index contributed by atoms with van der Waals surface area (Å²) in [6, 6.07) is 14.2. The third-order valence-electron chi connectivity index (χ3n) is 24.3. The molecule has 44 nitrogen and oxygen atoms in total. The Balaban J connectivity index is 0.000000156. The number of aromatic nitrogens is 20. The van der Waals surface area contributed by atoms with Crippen LogP contribution in [0.3, 0.4) is 0 Å². The van der Waals surface area contributed by atoms with Gasteiger partial charge >= 0.3 is 22.2 Å². The van der Waals surface area contributed by atoms with Crippen LogP contribution in [0.25, 0.3) is 55.2 Å². The highest BCUT2D eigenvalue weighted by Crippen LogP contribution is 2.45. The van der Waals surface area contributed by atoms with Crippen LogP contribution in [0.4, 0.5) is 29.1 Å². The van der Waals surface area contributed by atoms with Crippen molar-refractivity contribution >= 4 is 135 Å². The molecule has 5 aliphatic rings. The monoisotopic (exact) mass is 1920 g/mol. The molecule has 48 heteroatoms. The number of ether oxygens (including phenoxy) is 7. The summed E-state index contributed by atoms with van der Waals surface area (Å²) in [5.74, 6) is 1.08. The van der Waals surface area contributed by atoms with Gasteiger partial charge in [0.05, 0.1) is 111 Å². The number of aryl methyl sites for hydroxylation is 7. The number of benzene rings is 2. The van der Waals surface area contributed by atoms with Crippen LogP contribution in [0.5, 0.6) is 0 Å². The molecule has 0 bridgehead atoms. The van der Waals surface area contributed by atoms with Gasteiger partial charge < -0.3 is 91.1 Å². The van der Waals surface area contributed by atoms with Gasteiger partial charge in [0.25, 0.3) is 0 Å². The van der Waals surface area contributed by atoms with E-state index in [1.165, 1.54) is 36.3 Å². The molecule has 15 atom stereocenters. The molecule has 0 spiro atoms. The molecule has 5 fully saturated rings. The van der Waals surface area contributed by atoms with Gasteiger partial charge in [0, 0.05) is 44.3 Å². The number of aliphatic hydroxyl groups is 4. The molecule has 5 aliphatic heterocycles. The molecule has 5 saturated heterocycles.